The number of methoxy groups -OCH3 is 1. The van der Waals surface area contributed by atoms with E-state index in [1.165, 1.54) is 0 Å². The number of hydrogen-bond donors (Lipinski definition) is 1. The number of carbonyl (C=O) groups excluding carboxylic acids is 1. The number of amides is 1. The maximum atomic E-state index is 11.7. The maximum absolute atomic E-state index is 11.7. The fraction of sp³-hybridized carbons (Fsp3) is 0.312. The molecule has 2 N–H and O–H groups in total. The van der Waals surface area contributed by atoms with Crippen molar-refractivity contribution in [3.63, 3.8) is 0 Å². The predicted octanol–water partition coefficient (Wildman–Crippen LogP) is 2.08. The van der Waals surface area contributed by atoms with E-state index in [1.807, 2.05) is 31.3 Å². The van der Waals surface area contributed by atoms with E-state index in [2.05, 4.69) is 12.1 Å². The van der Waals surface area contributed by atoms with E-state index >= 15 is 0 Å². The Hall–Kier alpha value is -2.07. The second-order valence-corrected chi connectivity index (χ2v) is 5.29. The number of hydrogen-bond acceptors (Lipinski definition) is 3. The first-order valence-corrected chi connectivity index (χ1v) is 6.69. The van der Waals surface area contributed by atoms with E-state index < -0.39 is 0 Å². The molecule has 1 aliphatic heterocycles. The second kappa shape index (κ2) is 4.80. The number of ether oxygens (including phenoxy) is 1. The third-order valence-corrected chi connectivity index (χ3v) is 4.04. The molecule has 0 bridgehead atoms. The molecule has 1 aliphatic rings. The lowest BCUT2D eigenvalue weighted by molar-refractivity contribution is -0.127. The van der Waals surface area contributed by atoms with Gasteiger partial charge in [-0.1, -0.05) is 18.2 Å². The van der Waals surface area contributed by atoms with E-state index in [4.69, 9.17) is 10.5 Å². The van der Waals surface area contributed by atoms with Crippen molar-refractivity contribution in [3.05, 3.63) is 42.0 Å². The highest BCUT2D eigenvalue weighted by Gasteiger charge is 2.36. The fourth-order valence-electron chi connectivity index (χ4n) is 2.92. The number of fused-ring (bicyclic) bond motifs is 1. The number of rotatable bonds is 2. The van der Waals surface area contributed by atoms with Crippen molar-refractivity contribution in [2.24, 2.45) is 5.73 Å². The van der Waals surface area contributed by atoms with Gasteiger partial charge in [-0.05, 0) is 34.5 Å². The molecule has 2 atom stereocenters. The number of carbonyl (C=O) groups is 1. The Morgan fingerprint density at radius 2 is 1.90 bits per heavy atom. The van der Waals surface area contributed by atoms with E-state index in [-0.39, 0.29) is 18.0 Å². The van der Waals surface area contributed by atoms with Gasteiger partial charge in [0, 0.05) is 19.5 Å². The smallest absolute Gasteiger partial charge is 0.224 e. The van der Waals surface area contributed by atoms with Gasteiger partial charge in [0.2, 0.25) is 5.91 Å². The quantitative estimate of drug-likeness (QED) is 0.909. The summed E-state index contributed by atoms with van der Waals surface area (Å²) in [6.45, 7) is 0. The molecule has 4 nitrogen and oxygen atoms in total. The largest absolute Gasteiger partial charge is 0.497 e. The van der Waals surface area contributed by atoms with Crippen molar-refractivity contribution in [3.8, 4) is 5.75 Å². The van der Waals surface area contributed by atoms with Crippen molar-refractivity contribution in [1.82, 2.24) is 4.90 Å². The van der Waals surface area contributed by atoms with Gasteiger partial charge in [0.1, 0.15) is 5.75 Å². The number of likely N-dealkylation sites (N-methyl/N-ethyl adjacent to an activating group) is 1. The minimum absolute atomic E-state index is 0.0333. The van der Waals surface area contributed by atoms with Crippen molar-refractivity contribution in [2.75, 3.05) is 14.2 Å². The molecule has 0 aromatic heterocycles. The van der Waals surface area contributed by atoms with Gasteiger partial charge in [0.05, 0.1) is 13.2 Å². The van der Waals surface area contributed by atoms with Gasteiger partial charge in [0.25, 0.3) is 0 Å². The highest BCUT2D eigenvalue weighted by molar-refractivity contribution is 5.85. The van der Waals surface area contributed by atoms with Crippen molar-refractivity contribution in [1.29, 1.82) is 0 Å². The van der Waals surface area contributed by atoms with Crippen LogP contribution in [0.25, 0.3) is 10.8 Å². The molecule has 3 rings (SSSR count). The Labute approximate surface area is 118 Å². The van der Waals surface area contributed by atoms with Crippen LogP contribution in [0.15, 0.2) is 36.4 Å². The van der Waals surface area contributed by atoms with Crippen LogP contribution < -0.4 is 10.5 Å². The van der Waals surface area contributed by atoms with Crippen molar-refractivity contribution >= 4 is 16.7 Å². The van der Waals surface area contributed by atoms with Gasteiger partial charge < -0.3 is 15.4 Å². The summed E-state index contributed by atoms with van der Waals surface area (Å²) in [5, 5.41) is 2.25. The molecule has 1 saturated heterocycles. The molecular weight excluding hydrogens is 252 g/mol. The fourth-order valence-corrected chi connectivity index (χ4v) is 2.92. The summed E-state index contributed by atoms with van der Waals surface area (Å²) in [5.74, 6) is 0.951. The Kier molecular flexibility index (Phi) is 3.10. The first kappa shape index (κ1) is 12.9. The highest BCUT2D eigenvalue weighted by atomic mass is 16.5. The van der Waals surface area contributed by atoms with E-state index in [1.54, 1.807) is 12.0 Å². The maximum Gasteiger partial charge on any atom is 0.224 e. The zero-order valence-corrected chi connectivity index (χ0v) is 11.7. The summed E-state index contributed by atoms with van der Waals surface area (Å²) >= 11 is 0. The molecule has 2 unspecified atom stereocenters. The van der Waals surface area contributed by atoms with Gasteiger partial charge in [0.15, 0.2) is 0 Å². The molecule has 20 heavy (non-hydrogen) atoms. The van der Waals surface area contributed by atoms with Crippen LogP contribution in [0.1, 0.15) is 18.0 Å². The van der Waals surface area contributed by atoms with E-state index in [9.17, 15) is 4.79 Å². The minimum atomic E-state index is -0.136. The predicted molar refractivity (Wildman–Crippen MR) is 78.6 cm³/mol. The Balaban J connectivity index is 2.03. The summed E-state index contributed by atoms with van der Waals surface area (Å²) in [6, 6.07) is 12.0. The topological polar surface area (TPSA) is 55.6 Å². The van der Waals surface area contributed by atoms with Crippen LogP contribution in [0.2, 0.25) is 0 Å². The SMILES string of the molecule is COc1ccc2cc(C3C(N)CC(=O)N3C)ccc2c1. The highest BCUT2D eigenvalue weighted by Crippen LogP contribution is 2.32. The number of likely N-dealkylation sites (tertiary alicyclic amines) is 1. The summed E-state index contributed by atoms with van der Waals surface area (Å²) in [6.07, 6.45) is 0.418. The number of nitrogens with two attached hydrogens (primary N) is 1. The zero-order valence-electron chi connectivity index (χ0n) is 11.7. The normalized spacial score (nSPS) is 22.6. The average Bonchev–Trinajstić information content (AvgIpc) is 2.71. The van der Waals surface area contributed by atoms with Gasteiger partial charge in [-0.15, -0.1) is 0 Å². The third-order valence-electron chi connectivity index (χ3n) is 4.04. The molecule has 0 saturated carbocycles. The molecular formula is C16H18N2O2. The third kappa shape index (κ3) is 2.02. The molecule has 0 spiro atoms. The first-order valence-electron chi connectivity index (χ1n) is 6.69. The van der Waals surface area contributed by atoms with Crippen LogP contribution >= 0.6 is 0 Å². The van der Waals surface area contributed by atoms with Crippen LogP contribution in [0, 0.1) is 0 Å². The molecule has 104 valence electrons. The Morgan fingerprint density at radius 1 is 1.20 bits per heavy atom. The van der Waals surface area contributed by atoms with Gasteiger partial charge in [-0.25, -0.2) is 0 Å². The summed E-state index contributed by atoms with van der Waals surface area (Å²) < 4.78 is 5.23. The average molecular weight is 270 g/mol. The van der Waals surface area contributed by atoms with Crippen molar-refractivity contribution in [2.45, 2.75) is 18.5 Å². The van der Waals surface area contributed by atoms with Crippen LogP contribution in [0.4, 0.5) is 0 Å². The lowest BCUT2D eigenvalue weighted by Gasteiger charge is -2.23. The van der Waals surface area contributed by atoms with Gasteiger partial charge in [-0.3, -0.25) is 4.79 Å². The second-order valence-electron chi connectivity index (χ2n) is 5.29. The molecule has 0 aliphatic carbocycles. The number of benzene rings is 2. The Morgan fingerprint density at radius 3 is 2.55 bits per heavy atom. The number of nitrogens with zero attached hydrogens (tertiary/aromatic N) is 1. The summed E-state index contributed by atoms with van der Waals surface area (Å²) in [7, 11) is 3.48. The molecule has 1 heterocycles. The van der Waals surface area contributed by atoms with Crippen LogP contribution in [-0.2, 0) is 4.79 Å². The molecule has 1 fully saturated rings. The molecule has 1 amide bonds. The van der Waals surface area contributed by atoms with Crippen LogP contribution in [0.3, 0.4) is 0 Å². The minimum Gasteiger partial charge on any atom is -0.497 e. The lowest BCUT2D eigenvalue weighted by Crippen LogP contribution is -2.30. The summed E-state index contributed by atoms with van der Waals surface area (Å²) in [4.78, 5) is 13.5. The molecule has 2 aromatic rings. The molecule has 2 aromatic carbocycles. The van der Waals surface area contributed by atoms with Gasteiger partial charge in [-0.2, -0.15) is 0 Å². The zero-order chi connectivity index (χ0) is 14.3. The van der Waals surface area contributed by atoms with Crippen LogP contribution in [-0.4, -0.2) is 31.0 Å². The standard InChI is InChI=1S/C16H18N2O2/c1-18-15(19)9-14(17)16(18)12-4-3-11-8-13(20-2)6-5-10(11)7-12/h3-8,14,16H,9,17H2,1-2H3. The Bertz CT molecular complexity index is 669. The van der Waals surface area contributed by atoms with E-state index in [0.29, 0.717) is 6.42 Å². The molecule has 0 radical (unpaired) electrons. The monoisotopic (exact) mass is 270 g/mol. The van der Waals surface area contributed by atoms with Crippen LogP contribution in [0.5, 0.6) is 5.75 Å². The first-order chi connectivity index (χ1) is 9.60. The lowest BCUT2D eigenvalue weighted by atomic mass is 9.98. The van der Waals surface area contributed by atoms with Crippen molar-refractivity contribution < 1.29 is 9.53 Å². The van der Waals surface area contributed by atoms with E-state index in [0.717, 1.165) is 22.1 Å². The molecule has 4 heteroatoms. The van der Waals surface area contributed by atoms with Gasteiger partial charge >= 0.3 is 0 Å². The summed E-state index contributed by atoms with van der Waals surface area (Å²) in [5.41, 5.74) is 7.19.